The van der Waals surface area contributed by atoms with Crippen molar-refractivity contribution in [2.45, 2.75) is 84.6 Å². The van der Waals surface area contributed by atoms with Gasteiger partial charge in [-0.25, -0.2) is 9.59 Å². The number of carbonyl (C=O) groups excluding carboxylic acids is 1. The third-order valence-corrected chi connectivity index (χ3v) is 11.6. The zero-order valence-electron chi connectivity index (χ0n) is 24.5. The van der Waals surface area contributed by atoms with E-state index in [0.717, 1.165) is 10.4 Å². The van der Waals surface area contributed by atoms with E-state index in [1.54, 1.807) is 7.05 Å². The molecule has 0 radical (unpaired) electrons. The number of amides is 2. The first-order valence-electron chi connectivity index (χ1n) is 13.3. The van der Waals surface area contributed by atoms with Crippen LogP contribution in [-0.4, -0.2) is 73.3 Å². The molecule has 0 fully saturated rings. The first-order chi connectivity index (χ1) is 17.6. The van der Waals surface area contributed by atoms with Gasteiger partial charge in [0.25, 0.3) is 8.32 Å². The predicted octanol–water partition coefficient (Wildman–Crippen LogP) is 5.58. The Morgan fingerprint density at radius 2 is 1.37 bits per heavy atom. The van der Waals surface area contributed by atoms with Crippen LogP contribution in [0.4, 0.5) is 9.59 Å². The van der Waals surface area contributed by atoms with Gasteiger partial charge in [0.1, 0.15) is 5.60 Å². The zero-order valence-corrected chi connectivity index (χ0v) is 25.5. The molecule has 7 nitrogen and oxygen atoms in total. The van der Waals surface area contributed by atoms with E-state index in [2.05, 4.69) is 45.0 Å². The van der Waals surface area contributed by atoms with E-state index in [9.17, 15) is 14.7 Å². The molecule has 0 unspecified atom stereocenters. The normalized spacial score (nSPS) is 13.2. The van der Waals surface area contributed by atoms with E-state index in [1.165, 1.54) is 9.80 Å². The van der Waals surface area contributed by atoms with Gasteiger partial charge in [0.05, 0.1) is 6.10 Å². The van der Waals surface area contributed by atoms with E-state index >= 15 is 0 Å². The number of hydrogen-bond donors (Lipinski definition) is 1. The lowest BCUT2D eigenvalue weighted by atomic mass is 10.2. The number of likely N-dealkylation sites (N-methyl/N-ethyl adjacent to an activating group) is 1. The van der Waals surface area contributed by atoms with Crippen LogP contribution in [0, 0.1) is 0 Å². The van der Waals surface area contributed by atoms with Crippen LogP contribution in [-0.2, 0) is 9.16 Å². The van der Waals surface area contributed by atoms with Crippen molar-refractivity contribution in [3.05, 3.63) is 60.7 Å². The molecule has 38 heavy (non-hydrogen) atoms. The van der Waals surface area contributed by atoms with Crippen LogP contribution in [0.3, 0.4) is 0 Å². The molecule has 0 heterocycles. The molecule has 8 heteroatoms. The molecule has 1 atom stereocenters. The molecule has 0 spiro atoms. The van der Waals surface area contributed by atoms with Crippen molar-refractivity contribution in [3.63, 3.8) is 0 Å². The Hall–Kier alpha value is -2.84. The number of carboxylic acid groups (broad SMARTS) is 1. The van der Waals surface area contributed by atoms with Crippen LogP contribution < -0.4 is 10.4 Å². The summed E-state index contributed by atoms with van der Waals surface area (Å²) in [6.07, 6.45) is -1.40. The van der Waals surface area contributed by atoms with Crippen molar-refractivity contribution in [3.8, 4) is 0 Å². The topological polar surface area (TPSA) is 79.3 Å². The van der Waals surface area contributed by atoms with E-state index in [4.69, 9.17) is 9.16 Å². The average molecular weight is 543 g/mol. The Morgan fingerprint density at radius 1 is 0.895 bits per heavy atom. The van der Waals surface area contributed by atoms with Gasteiger partial charge in [-0.05, 0) is 56.5 Å². The van der Waals surface area contributed by atoms with Gasteiger partial charge in [-0.1, -0.05) is 81.4 Å². The third kappa shape index (κ3) is 8.08. The highest BCUT2D eigenvalue weighted by Gasteiger charge is 2.51. The maximum absolute atomic E-state index is 12.9. The van der Waals surface area contributed by atoms with Gasteiger partial charge in [0.15, 0.2) is 0 Å². The van der Waals surface area contributed by atoms with Gasteiger partial charge in [-0.2, -0.15) is 0 Å². The molecule has 0 saturated heterocycles. The summed E-state index contributed by atoms with van der Waals surface area (Å²) in [5.41, 5.74) is -0.628. The van der Waals surface area contributed by atoms with E-state index in [1.807, 2.05) is 71.0 Å². The summed E-state index contributed by atoms with van der Waals surface area (Å²) >= 11 is 0. The SMILES string of the molecule is CC(C)N(CC[C@@H](CN(C)C(=O)OC(C)(C)C)O[Si](c1ccccc1)(c1ccccc1)C(C)(C)C)C(=O)O. The monoisotopic (exact) mass is 542 g/mol. The second kappa shape index (κ2) is 12.8. The van der Waals surface area contributed by atoms with Gasteiger partial charge in [-0.3, -0.25) is 0 Å². The largest absolute Gasteiger partial charge is 0.465 e. The molecule has 210 valence electrons. The quantitative estimate of drug-likeness (QED) is 0.397. The number of rotatable bonds is 10. The minimum Gasteiger partial charge on any atom is -0.465 e. The van der Waals surface area contributed by atoms with Gasteiger partial charge in [-0.15, -0.1) is 0 Å². The van der Waals surface area contributed by atoms with Crippen molar-refractivity contribution in [1.29, 1.82) is 0 Å². The van der Waals surface area contributed by atoms with Crippen molar-refractivity contribution < 1.29 is 23.9 Å². The zero-order chi connectivity index (χ0) is 28.7. The Labute approximate surface area is 229 Å². The van der Waals surface area contributed by atoms with Gasteiger partial charge < -0.3 is 24.1 Å². The van der Waals surface area contributed by atoms with Crippen molar-refractivity contribution in [1.82, 2.24) is 9.80 Å². The van der Waals surface area contributed by atoms with E-state index in [-0.39, 0.29) is 24.2 Å². The molecule has 0 aliphatic rings. The molecule has 0 aromatic heterocycles. The van der Waals surface area contributed by atoms with Crippen LogP contribution in [0.15, 0.2) is 60.7 Å². The van der Waals surface area contributed by atoms with E-state index in [0.29, 0.717) is 6.42 Å². The smallest absolute Gasteiger partial charge is 0.410 e. The minimum atomic E-state index is -2.93. The second-order valence-corrected chi connectivity index (χ2v) is 16.4. The molecule has 2 aromatic rings. The molecular formula is C30H46N2O5Si. The number of hydrogen-bond acceptors (Lipinski definition) is 4. The molecular weight excluding hydrogens is 496 g/mol. The lowest BCUT2D eigenvalue weighted by Crippen LogP contribution is -2.68. The fraction of sp³-hybridized carbons (Fsp3) is 0.533. The van der Waals surface area contributed by atoms with Crippen LogP contribution >= 0.6 is 0 Å². The van der Waals surface area contributed by atoms with Gasteiger partial charge in [0, 0.05) is 26.2 Å². The van der Waals surface area contributed by atoms with Crippen LogP contribution in [0.1, 0.15) is 61.8 Å². The maximum Gasteiger partial charge on any atom is 0.410 e. The highest BCUT2D eigenvalue weighted by molar-refractivity contribution is 6.99. The summed E-state index contributed by atoms with van der Waals surface area (Å²) in [5, 5.41) is 11.8. The van der Waals surface area contributed by atoms with E-state index < -0.39 is 32.2 Å². The predicted molar refractivity (Wildman–Crippen MR) is 156 cm³/mol. The molecule has 0 bridgehead atoms. The molecule has 0 aliphatic heterocycles. The Morgan fingerprint density at radius 3 is 1.74 bits per heavy atom. The molecule has 2 amide bonds. The summed E-state index contributed by atoms with van der Waals surface area (Å²) < 4.78 is 12.9. The molecule has 0 saturated carbocycles. The van der Waals surface area contributed by atoms with Crippen molar-refractivity contribution in [2.75, 3.05) is 20.1 Å². The third-order valence-electron chi connectivity index (χ3n) is 6.50. The first kappa shape index (κ1) is 31.4. The lowest BCUT2D eigenvalue weighted by molar-refractivity contribution is 0.0203. The minimum absolute atomic E-state index is 0.176. The molecule has 1 N–H and O–H groups in total. The average Bonchev–Trinajstić information content (AvgIpc) is 2.81. The Bertz CT molecular complexity index is 993. The highest BCUT2D eigenvalue weighted by atomic mass is 28.4. The van der Waals surface area contributed by atoms with Crippen molar-refractivity contribution in [2.24, 2.45) is 0 Å². The molecule has 2 rings (SSSR count). The fourth-order valence-electron chi connectivity index (χ4n) is 4.71. The number of nitrogens with zero attached hydrogens (tertiary/aromatic N) is 2. The maximum atomic E-state index is 12.9. The molecule has 0 aliphatic carbocycles. The number of ether oxygens (including phenoxy) is 1. The summed E-state index contributed by atoms with van der Waals surface area (Å²) in [7, 11) is -1.23. The van der Waals surface area contributed by atoms with Gasteiger partial charge in [0.2, 0.25) is 0 Å². The summed E-state index contributed by atoms with van der Waals surface area (Å²) in [5.74, 6) is 0. The van der Waals surface area contributed by atoms with Crippen LogP contribution in [0.25, 0.3) is 0 Å². The number of benzene rings is 2. The summed E-state index contributed by atoms with van der Waals surface area (Å²) in [6.45, 7) is 16.4. The fourth-order valence-corrected chi connectivity index (χ4v) is 9.41. The Kier molecular flexibility index (Phi) is 10.6. The molecule has 2 aromatic carbocycles. The Balaban J connectivity index is 2.58. The number of carbonyl (C=O) groups is 2. The highest BCUT2D eigenvalue weighted by Crippen LogP contribution is 2.38. The van der Waals surface area contributed by atoms with Crippen LogP contribution in [0.5, 0.6) is 0 Å². The first-order valence-corrected chi connectivity index (χ1v) is 15.2. The lowest BCUT2D eigenvalue weighted by Gasteiger charge is -2.46. The standard InChI is InChI=1S/C30H46N2O5Si/c1-23(2)32(27(33)34)21-20-24(22-31(9)28(35)36-29(3,4)5)37-38(30(6,7)8,25-16-12-10-13-17-25)26-18-14-11-15-19-26/h10-19,23-24H,20-22H2,1-9H3,(H,33,34)/t24-/m0/s1. The van der Waals surface area contributed by atoms with Crippen LogP contribution in [0.2, 0.25) is 5.04 Å². The second-order valence-electron chi connectivity index (χ2n) is 12.1. The van der Waals surface area contributed by atoms with Gasteiger partial charge >= 0.3 is 12.2 Å². The summed E-state index contributed by atoms with van der Waals surface area (Å²) in [6, 6.07) is 20.4. The summed E-state index contributed by atoms with van der Waals surface area (Å²) in [4.78, 5) is 27.8. The van der Waals surface area contributed by atoms with Crippen molar-refractivity contribution >= 4 is 30.9 Å².